The second kappa shape index (κ2) is 7.57. The maximum absolute atomic E-state index is 5.44. The van der Waals surface area contributed by atoms with E-state index in [1.807, 2.05) is 12.1 Å². The van der Waals surface area contributed by atoms with E-state index in [2.05, 4.69) is 17.3 Å². The third kappa shape index (κ3) is 3.48. The van der Waals surface area contributed by atoms with Crippen LogP contribution in [0.1, 0.15) is 5.56 Å². The number of nitrogens with one attached hydrogen (secondary N) is 1. The number of rotatable bonds is 6. The van der Waals surface area contributed by atoms with Crippen LogP contribution in [0, 0.1) is 0 Å². The summed E-state index contributed by atoms with van der Waals surface area (Å²) in [4.78, 5) is 2.32. The number of halogens is 1. The number of hydrogen-bond donors (Lipinski definition) is 1. The van der Waals surface area contributed by atoms with E-state index in [1.165, 1.54) is 0 Å². The largest absolute Gasteiger partial charge is 0.496 e. The lowest BCUT2D eigenvalue weighted by Crippen LogP contribution is -2.55. The van der Waals surface area contributed by atoms with Crippen molar-refractivity contribution in [3.05, 3.63) is 17.7 Å². The Balaban J connectivity index is 0.00000200. The van der Waals surface area contributed by atoms with Gasteiger partial charge in [0.05, 0.1) is 21.3 Å². The number of hydrogen-bond acceptors (Lipinski definition) is 5. The Hall–Kier alpha value is -1.17. The summed E-state index contributed by atoms with van der Waals surface area (Å²) >= 11 is 0. The van der Waals surface area contributed by atoms with Crippen molar-refractivity contribution < 1.29 is 14.2 Å². The van der Waals surface area contributed by atoms with Gasteiger partial charge in [0.25, 0.3) is 0 Å². The van der Waals surface area contributed by atoms with Crippen molar-refractivity contribution in [2.75, 3.05) is 41.5 Å². The third-order valence-corrected chi connectivity index (χ3v) is 3.59. The molecule has 1 fully saturated rings. The van der Waals surface area contributed by atoms with Gasteiger partial charge >= 0.3 is 0 Å². The standard InChI is InChI=1S/C14H22N2O3.ClH/c1-16(11-7-15-8-11)9-10-5-13(18-3)14(19-4)6-12(10)17-2;/h5-6,11,15H,7-9H2,1-4H3;1H. The summed E-state index contributed by atoms with van der Waals surface area (Å²) in [6, 6.07) is 4.46. The van der Waals surface area contributed by atoms with Gasteiger partial charge in [-0.15, -0.1) is 12.4 Å². The van der Waals surface area contributed by atoms with Crippen molar-refractivity contribution in [3.8, 4) is 17.2 Å². The lowest BCUT2D eigenvalue weighted by molar-refractivity contribution is 0.171. The molecule has 1 aliphatic rings. The highest BCUT2D eigenvalue weighted by atomic mass is 35.5. The first-order chi connectivity index (χ1) is 9.19. The molecule has 0 bridgehead atoms. The molecule has 0 aliphatic carbocycles. The number of nitrogens with zero attached hydrogens (tertiary/aromatic N) is 1. The molecular formula is C14H23ClN2O3. The molecule has 5 nitrogen and oxygen atoms in total. The molecule has 1 aromatic rings. The molecule has 20 heavy (non-hydrogen) atoms. The first kappa shape index (κ1) is 16.9. The van der Waals surface area contributed by atoms with Gasteiger partial charge in [-0.3, -0.25) is 4.90 Å². The zero-order valence-corrected chi connectivity index (χ0v) is 13.3. The van der Waals surface area contributed by atoms with E-state index in [9.17, 15) is 0 Å². The normalized spacial score (nSPS) is 14.4. The van der Waals surface area contributed by atoms with Crippen LogP contribution in [0.2, 0.25) is 0 Å². The quantitative estimate of drug-likeness (QED) is 0.863. The van der Waals surface area contributed by atoms with E-state index >= 15 is 0 Å². The SMILES string of the molecule is COc1cc(OC)c(OC)cc1CN(C)C1CNC1.Cl. The average Bonchev–Trinajstić information content (AvgIpc) is 2.36. The zero-order valence-electron chi connectivity index (χ0n) is 12.4. The summed E-state index contributed by atoms with van der Waals surface area (Å²) in [5.74, 6) is 2.26. The van der Waals surface area contributed by atoms with E-state index in [0.29, 0.717) is 11.8 Å². The van der Waals surface area contributed by atoms with Crippen molar-refractivity contribution in [2.24, 2.45) is 0 Å². The average molecular weight is 303 g/mol. The fourth-order valence-corrected chi connectivity index (χ4v) is 2.20. The van der Waals surface area contributed by atoms with Crippen LogP contribution in [0.3, 0.4) is 0 Å². The predicted molar refractivity (Wildman–Crippen MR) is 81.5 cm³/mol. The van der Waals surface area contributed by atoms with Crippen molar-refractivity contribution >= 4 is 12.4 Å². The van der Waals surface area contributed by atoms with Crippen LogP contribution in [-0.4, -0.2) is 52.4 Å². The van der Waals surface area contributed by atoms with Crippen molar-refractivity contribution in [1.82, 2.24) is 10.2 Å². The smallest absolute Gasteiger partial charge is 0.164 e. The van der Waals surface area contributed by atoms with Crippen LogP contribution < -0.4 is 19.5 Å². The van der Waals surface area contributed by atoms with Crippen LogP contribution in [0.15, 0.2) is 12.1 Å². The lowest BCUT2D eigenvalue weighted by Gasteiger charge is -2.35. The van der Waals surface area contributed by atoms with E-state index in [4.69, 9.17) is 14.2 Å². The summed E-state index contributed by atoms with van der Waals surface area (Å²) in [6.07, 6.45) is 0. The maximum atomic E-state index is 5.44. The molecule has 1 heterocycles. The summed E-state index contributed by atoms with van der Waals surface area (Å²) in [5, 5.41) is 3.28. The highest BCUT2D eigenvalue weighted by Gasteiger charge is 2.23. The van der Waals surface area contributed by atoms with E-state index in [0.717, 1.165) is 36.7 Å². The van der Waals surface area contributed by atoms with Crippen LogP contribution >= 0.6 is 12.4 Å². The van der Waals surface area contributed by atoms with E-state index < -0.39 is 0 Å². The molecule has 0 aromatic heterocycles. The summed E-state index contributed by atoms with van der Waals surface area (Å²) in [6.45, 7) is 2.92. The van der Waals surface area contributed by atoms with Gasteiger partial charge in [-0.25, -0.2) is 0 Å². The fraction of sp³-hybridized carbons (Fsp3) is 0.571. The molecule has 0 radical (unpaired) electrons. The number of likely N-dealkylation sites (N-methyl/N-ethyl adjacent to an activating group) is 1. The van der Waals surface area contributed by atoms with Gasteiger partial charge in [-0.2, -0.15) is 0 Å². The molecule has 1 N–H and O–H groups in total. The number of ether oxygens (including phenoxy) is 3. The predicted octanol–water partition coefficient (Wildman–Crippen LogP) is 1.54. The number of benzene rings is 1. The molecule has 1 aliphatic heterocycles. The maximum Gasteiger partial charge on any atom is 0.164 e. The van der Waals surface area contributed by atoms with Gasteiger partial charge in [-0.05, 0) is 13.1 Å². The molecule has 0 spiro atoms. The summed E-state index contributed by atoms with van der Waals surface area (Å²) in [7, 11) is 7.08. The molecule has 1 aromatic carbocycles. The fourth-order valence-electron chi connectivity index (χ4n) is 2.20. The van der Waals surface area contributed by atoms with Gasteiger partial charge in [0.15, 0.2) is 11.5 Å². The molecule has 0 saturated carbocycles. The summed E-state index contributed by atoms with van der Waals surface area (Å²) < 4.78 is 16.1. The van der Waals surface area contributed by atoms with Crippen LogP contribution in [0.5, 0.6) is 17.2 Å². The van der Waals surface area contributed by atoms with Crippen LogP contribution in [0.25, 0.3) is 0 Å². The number of methoxy groups -OCH3 is 3. The first-order valence-corrected chi connectivity index (χ1v) is 6.39. The Kier molecular flexibility index (Phi) is 6.39. The Morgan fingerprint density at radius 2 is 1.60 bits per heavy atom. The highest BCUT2D eigenvalue weighted by molar-refractivity contribution is 5.85. The minimum Gasteiger partial charge on any atom is -0.496 e. The second-order valence-corrected chi connectivity index (χ2v) is 4.75. The Bertz CT molecular complexity index is 439. The van der Waals surface area contributed by atoms with Crippen molar-refractivity contribution in [1.29, 1.82) is 0 Å². The van der Waals surface area contributed by atoms with Gasteiger partial charge < -0.3 is 19.5 Å². The van der Waals surface area contributed by atoms with E-state index in [-0.39, 0.29) is 12.4 Å². The lowest BCUT2D eigenvalue weighted by atomic mass is 10.1. The molecule has 0 atom stereocenters. The Labute approximate surface area is 126 Å². The molecule has 2 rings (SSSR count). The molecule has 0 amide bonds. The van der Waals surface area contributed by atoms with Crippen molar-refractivity contribution in [3.63, 3.8) is 0 Å². The molecule has 0 unspecified atom stereocenters. The second-order valence-electron chi connectivity index (χ2n) is 4.75. The Morgan fingerprint density at radius 3 is 2.05 bits per heavy atom. The molecular weight excluding hydrogens is 280 g/mol. The molecule has 114 valence electrons. The van der Waals surface area contributed by atoms with Gasteiger partial charge in [0, 0.05) is 37.3 Å². The van der Waals surface area contributed by atoms with Crippen LogP contribution in [0.4, 0.5) is 0 Å². The van der Waals surface area contributed by atoms with Gasteiger partial charge in [0.1, 0.15) is 5.75 Å². The summed E-state index contributed by atoms with van der Waals surface area (Å²) in [5.41, 5.74) is 1.11. The van der Waals surface area contributed by atoms with Gasteiger partial charge in [-0.1, -0.05) is 0 Å². The minimum absolute atomic E-state index is 0. The molecule has 6 heteroatoms. The molecule has 1 saturated heterocycles. The minimum atomic E-state index is 0. The van der Waals surface area contributed by atoms with Crippen molar-refractivity contribution in [2.45, 2.75) is 12.6 Å². The van der Waals surface area contributed by atoms with Crippen LogP contribution in [-0.2, 0) is 6.54 Å². The first-order valence-electron chi connectivity index (χ1n) is 6.39. The topological polar surface area (TPSA) is 43.0 Å². The highest BCUT2D eigenvalue weighted by Crippen LogP contribution is 2.35. The van der Waals surface area contributed by atoms with Gasteiger partial charge in [0.2, 0.25) is 0 Å². The Morgan fingerprint density at radius 1 is 1.05 bits per heavy atom. The third-order valence-electron chi connectivity index (χ3n) is 3.59. The zero-order chi connectivity index (χ0) is 13.8. The monoisotopic (exact) mass is 302 g/mol. The van der Waals surface area contributed by atoms with E-state index in [1.54, 1.807) is 21.3 Å².